The number of hydrogen-bond acceptors (Lipinski definition) is 6. The number of amides is 1. The zero-order valence-electron chi connectivity index (χ0n) is 18.1. The topological polar surface area (TPSA) is 97.6 Å². The van der Waals surface area contributed by atoms with E-state index in [1.54, 1.807) is 30.3 Å². The van der Waals surface area contributed by atoms with Gasteiger partial charge in [0.05, 0.1) is 19.3 Å². The quantitative estimate of drug-likeness (QED) is 0.218. The molecule has 1 N–H and O–H groups in total. The number of nitrogens with zero attached hydrogens (tertiary/aromatic N) is 1. The van der Waals surface area contributed by atoms with Gasteiger partial charge in [0.25, 0.3) is 5.91 Å². The molecule has 0 heterocycles. The largest absolute Gasteiger partial charge is 0.493 e. The number of carbonyl (C=O) groups excluding carboxylic acids is 2. The van der Waals surface area contributed by atoms with Crippen molar-refractivity contribution >= 4 is 18.0 Å². The Kier molecular flexibility index (Phi) is 8.79. The Morgan fingerprint density at radius 1 is 1.10 bits per heavy atom. The number of ether oxygens (including phenoxy) is 3. The molecule has 0 aliphatic carbocycles. The maximum atomic E-state index is 12.5. The number of carbonyl (C=O) groups is 2. The lowest BCUT2D eigenvalue weighted by Gasteiger charge is -2.11. The summed E-state index contributed by atoms with van der Waals surface area (Å²) in [6.07, 6.45) is 1.43. The van der Waals surface area contributed by atoms with Gasteiger partial charge in [-0.15, -0.1) is 0 Å². The van der Waals surface area contributed by atoms with Crippen LogP contribution in [0.25, 0.3) is 6.08 Å². The van der Waals surface area contributed by atoms with E-state index < -0.39 is 11.9 Å². The maximum absolute atomic E-state index is 12.5. The Hall–Kier alpha value is -3.63. The number of rotatable bonds is 9. The highest BCUT2D eigenvalue weighted by molar-refractivity contribution is 6.01. The first-order valence-electron chi connectivity index (χ1n) is 9.78. The fraction of sp³-hybridized carbons (Fsp3) is 0.292. The fourth-order valence-electron chi connectivity index (χ4n) is 2.70. The summed E-state index contributed by atoms with van der Waals surface area (Å²) in [4.78, 5) is 24.6. The van der Waals surface area contributed by atoms with Gasteiger partial charge in [0.15, 0.2) is 11.5 Å². The molecule has 2 aromatic rings. The molecular weight excluding hydrogens is 396 g/mol. The van der Waals surface area contributed by atoms with Gasteiger partial charge in [-0.05, 0) is 47.4 Å². The van der Waals surface area contributed by atoms with Crippen LogP contribution in [0.2, 0.25) is 0 Å². The Morgan fingerprint density at radius 3 is 2.39 bits per heavy atom. The lowest BCUT2D eigenvalue weighted by molar-refractivity contribution is -0.117. The van der Waals surface area contributed by atoms with Crippen LogP contribution in [0.1, 0.15) is 41.3 Å². The van der Waals surface area contributed by atoms with Crippen molar-refractivity contribution in [3.8, 4) is 17.6 Å². The van der Waals surface area contributed by atoms with E-state index in [-0.39, 0.29) is 11.3 Å². The van der Waals surface area contributed by atoms with Crippen molar-refractivity contribution < 1.29 is 23.8 Å². The highest BCUT2D eigenvalue weighted by Gasteiger charge is 2.14. The van der Waals surface area contributed by atoms with E-state index in [1.807, 2.05) is 18.2 Å². The van der Waals surface area contributed by atoms with Crippen molar-refractivity contribution in [1.29, 1.82) is 5.26 Å². The second-order valence-electron chi connectivity index (χ2n) is 7.00. The summed E-state index contributed by atoms with van der Waals surface area (Å²) in [5, 5.41) is 11.9. The van der Waals surface area contributed by atoms with Crippen molar-refractivity contribution in [3.63, 3.8) is 0 Å². The molecule has 162 valence electrons. The molecule has 2 rings (SSSR count). The molecule has 7 nitrogen and oxygen atoms in total. The summed E-state index contributed by atoms with van der Waals surface area (Å²) in [5.74, 6) is -0.101. The van der Waals surface area contributed by atoms with Crippen LogP contribution in [0.3, 0.4) is 0 Å². The molecule has 0 spiro atoms. The van der Waals surface area contributed by atoms with Gasteiger partial charge in [0.1, 0.15) is 11.6 Å². The van der Waals surface area contributed by atoms with Gasteiger partial charge >= 0.3 is 5.97 Å². The lowest BCUT2D eigenvalue weighted by atomic mass is 10.0. The molecule has 0 aliphatic rings. The number of benzene rings is 2. The van der Waals surface area contributed by atoms with Crippen LogP contribution >= 0.6 is 0 Å². The first kappa shape index (κ1) is 23.6. The molecule has 7 heteroatoms. The van der Waals surface area contributed by atoms with Gasteiger partial charge in [-0.2, -0.15) is 5.26 Å². The molecule has 31 heavy (non-hydrogen) atoms. The molecular formula is C24H26N2O5. The second kappa shape index (κ2) is 11.5. The average Bonchev–Trinajstić information content (AvgIpc) is 2.78. The molecule has 0 aliphatic heterocycles. The predicted molar refractivity (Wildman–Crippen MR) is 117 cm³/mol. The Labute approximate surface area is 182 Å². The monoisotopic (exact) mass is 422 g/mol. The van der Waals surface area contributed by atoms with Crippen molar-refractivity contribution in [2.75, 3.05) is 27.4 Å². The Bertz CT molecular complexity index is 988. The number of nitrogens with one attached hydrogen (secondary N) is 1. The van der Waals surface area contributed by atoms with Gasteiger partial charge in [0, 0.05) is 13.7 Å². The van der Waals surface area contributed by atoms with Gasteiger partial charge in [-0.3, -0.25) is 4.79 Å². The molecule has 0 fully saturated rings. The van der Waals surface area contributed by atoms with E-state index in [9.17, 15) is 14.9 Å². The maximum Gasteiger partial charge on any atom is 0.343 e. The first-order chi connectivity index (χ1) is 14.9. The van der Waals surface area contributed by atoms with E-state index in [1.165, 1.54) is 20.3 Å². The van der Waals surface area contributed by atoms with E-state index in [0.717, 1.165) is 5.56 Å². The third-order valence-electron chi connectivity index (χ3n) is 4.47. The predicted octanol–water partition coefficient (Wildman–Crippen LogP) is 3.71. The Morgan fingerprint density at radius 2 is 1.81 bits per heavy atom. The van der Waals surface area contributed by atoms with E-state index in [0.29, 0.717) is 35.9 Å². The zero-order valence-corrected chi connectivity index (χ0v) is 18.1. The number of esters is 1. The molecule has 0 atom stereocenters. The fourth-order valence-corrected chi connectivity index (χ4v) is 2.70. The summed E-state index contributed by atoms with van der Waals surface area (Å²) < 4.78 is 15.7. The van der Waals surface area contributed by atoms with Crippen molar-refractivity contribution in [2.45, 2.75) is 19.8 Å². The number of methoxy groups -OCH3 is 2. The average molecular weight is 422 g/mol. The van der Waals surface area contributed by atoms with Crippen LogP contribution in [0.15, 0.2) is 48.0 Å². The number of nitriles is 1. The molecule has 1 amide bonds. The van der Waals surface area contributed by atoms with Crippen LogP contribution in [0, 0.1) is 11.3 Å². The van der Waals surface area contributed by atoms with Crippen LogP contribution < -0.4 is 14.8 Å². The summed E-state index contributed by atoms with van der Waals surface area (Å²) in [6.45, 7) is 4.80. The minimum atomic E-state index is -0.507. The van der Waals surface area contributed by atoms with Gasteiger partial charge in [-0.25, -0.2) is 4.79 Å². The van der Waals surface area contributed by atoms with E-state index in [2.05, 4.69) is 19.2 Å². The number of hydrogen-bond donors (Lipinski definition) is 1. The summed E-state index contributed by atoms with van der Waals surface area (Å²) >= 11 is 0. The summed E-state index contributed by atoms with van der Waals surface area (Å²) in [5.41, 5.74) is 2.05. The SMILES string of the molecule is COCCNC(=O)/C(C#N)=C/c1ccc(OC(=O)c2ccc(C(C)C)cc2)c(OC)c1. The molecule has 0 unspecified atom stereocenters. The normalized spacial score (nSPS) is 11.0. The van der Waals surface area contributed by atoms with Crippen LogP contribution in [0.4, 0.5) is 0 Å². The summed E-state index contributed by atoms with van der Waals surface area (Å²) in [6, 6.07) is 13.9. The van der Waals surface area contributed by atoms with Crippen molar-refractivity contribution in [1.82, 2.24) is 5.32 Å². The smallest absolute Gasteiger partial charge is 0.343 e. The van der Waals surface area contributed by atoms with E-state index >= 15 is 0 Å². The van der Waals surface area contributed by atoms with Gasteiger partial charge in [0.2, 0.25) is 0 Å². The van der Waals surface area contributed by atoms with Crippen LogP contribution in [0.5, 0.6) is 11.5 Å². The standard InChI is InChI=1S/C24H26N2O5/c1-16(2)18-6-8-19(9-7-18)24(28)31-21-10-5-17(14-22(21)30-4)13-20(15-25)23(27)26-11-12-29-3/h5-10,13-14,16H,11-12H2,1-4H3,(H,26,27)/b20-13+. The van der Waals surface area contributed by atoms with Gasteiger partial charge in [-0.1, -0.05) is 32.0 Å². The van der Waals surface area contributed by atoms with Crippen molar-refractivity contribution in [3.05, 3.63) is 64.7 Å². The molecule has 0 saturated carbocycles. The highest BCUT2D eigenvalue weighted by Crippen LogP contribution is 2.30. The summed E-state index contributed by atoms with van der Waals surface area (Å²) in [7, 11) is 2.97. The van der Waals surface area contributed by atoms with Crippen molar-refractivity contribution in [2.24, 2.45) is 0 Å². The second-order valence-corrected chi connectivity index (χ2v) is 7.00. The third kappa shape index (κ3) is 6.69. The molecule has 0 aromatic heterocycles. The lowest BCUT2D eigenvalue weighted by Crippen LogP contribution is -2.27. The minimum absolute atomic E-state index is 0.0619. The van der Waals surface area contributed by atoms with Crippen LogP contribution in [-0.4, -0.2) is 39.2 Å². The minimum Gasteiger partial charge on any atom is -0.493 e. The molecule has 0 bridgehead atoms. The van der Waals surface area contributed by atoms with Crippen LogP contribution in [-0.2, 0) is 9.53 Å². The zero-order chi connectivity index (χ0) is 22.8. The Balaban J connectivity index is 2.17. The highest BCUT2D eigenvalue weighted by atomic mass is 16.6. The van der Waals surface area contributed by atoms with Gasteiger partial charge < -0.3 is 19.5 Å². The molecule has 0 radical (unpaired) electrons. The third-order valence-corrected chi connectivity index (χ3v) is 4.47. The molecule has 2 aromatic carbocycles. The van der Waals surface area contributed by atoms with E-state index in [4.69, 9.17) is 14.2 Å². The molecule has 0 saturated heterocycles. The first-order valence-corrected chi connectivity index (χ1v) is 9.78.